The van der Waals surface area contributed by atoms with Gasteiger partial charge in [-0.2, -0.15) is 0 Å². The molecule has 0 radical (unpaired) electrons. The zero-order valence-electron chi connectivity index (χ0n) is 15.5. The van der Waals surface area contributed by atoms with Gasteiger partial charge in [-0.05, 0) is 63.0 Å². The maximum atomic E-state index is 11.3. The smallest absolute Gasteiger partial charge is 0.132 e. The van der Waals surface area contributed by atoms with Gasteiger partial charge in [-0.1, -0.05) is 26.3 Å². The molecule has 1 atom stereocenters. The fraction of sp³-hybridized carbons (Fsp3) is 0.650. The number of Topliss-reactive ketones (excluding diaryl/α,β-unsaturated/α-hetero) is 1. The Bertz CT molecular complexity index is 485. The second-order valence-electron chi connectivity index (χ2n) is 6.23. The van der Waals surface area contributed by atoms with Crippen LogP contribution in [0.1, 0.15) is 70.0 Å². The van der Waals surface area contributed by atoms with Gasteiger partial charge in [0.15, 0.2) is 0 Å². The van der Waals surface area contributed by atoms with E-state index in [1.165, 1.54) is 11.1 Å². The van der Waals surface area contributed by atoms with E-state index < -0.39 is 0 Å². The first-order chi connectivity index (χ1) is 11.0. The molecule has 3 heteroatoms. The van der Waals surface area contributed by atoms with E-state index >= 15 is 0 Å². The van der Waals surface area contributed by atoms with Crippen molar-refractivity contribution < 1.29 is 9.53 Å². The Hall–Kier alpha value is -1.35. The number of ether oxygens (including phenoxy) is 1. The van der Waals surface area contributed by atoms with Gasteiger partial charge in [0.25, 0.3) is 0 Å². The summed E-state index contributed by atoms with van der Waals surface area (Å²) in [6, 6.07) is 6.74. The summed E-state index contributed by atoms with van der Waals surface area (Å²) in [5, 5.41) is 0. The molecule has 0 aliphatic rings. The summed E-state index contributed by atoms with van der Waals surface area (Å²) in [6.45, 7) is 10.7. The molecule has 0 spiro atoms. The number of hydrogen-bond acceptors (Lipinski definition) is 3. The van der Waals surface area contributed by atoms with E-state index in [-0.39, 0.29) is 0 Å². The van der Waals surface area contributed by atoms with E-state index in [2.05, 4.69) is 37.8 Å². The van der Waals surface area contributed by atoms with Crippen LogP contribution in [0.15, 0.2) is 18.2 Å². The molecule has 0 fully saturated rings. The summed E-state index contributed by atoms with van der Waals surface area (Å²) in [5.41, 5.74) is 2.65. The van der Waals surface area contributed by atoms with Gasteiger partial charge in [-0.15, -0.1) is 0 Å². The van der Waals surface area contributed by atoms with Gasteiger partial charge in [0.1, 0.15) is 11.5 Å². The zero-order chi connectivity index (χ0) is 17.2. The minimum absolute atomic E-state index is 0.388. The highest BCUT2D eigenvalue weighted by Crippen LogP contribution is 2.26. The van der Waals surface area contributed by atoms with Gasteiger partial charge < -0.3 is 4.74 Å². The molecular weight excluding hydrogens is 286 g/mol. The largest absolute Gasteiger partial charge is 0.497 e. The van der Waals surface area contributed by atoms with E-state index in [0.29, 0.717) is 18.2 Å². The number of ketones is 1. The normalized spacial score (nSPS) is 12.4. The Labute approximate surface area is 142 Å². The third kappa shape index (κ3) is 6.34. The molecule has 23 heavy (non-hydrogen) atoms. The molecule has 0 aliphatic heterocycles. The summed E-state index contributed by atoms with van der Waals surface area (Å²) < 4.78 is 5.30. The van der Waals surface area contributed by atoms with E-state index in [1.54, 1.807) is 7.11 Å². The van der Waals surface area contributed by atoms with Crippen molar-refractivity contribution in [1.82, 2.24) is 4.90 Å². The summed E-state index contributed by atoms with van der Waals surface area (Å²) >= 11 is 0. The second-order valence-corrected chi connectivity index (χ2v) is 6.23. The van der Waals surface area contributed by atoms with E-state index in [0.717, 1.165) is 44.5 Å². The lowest BCUT2D eigenvalue weighted by molar-refractivity contribution is -0.118. The Morgan fingerprint density at radius 2 is 1.96 bits per heavy atom. The number of unbranched alkanes of at least 4 members (excludes halogenated alkanes) is 2. The van der Waals surface area contributed by atoms with Crippen LogP contribution in [0.2, 0.25) is 0 Å². The Morgan fingerprint density at radius 1 is 1.22 bits per heavy atom. The van der Waals surface area contributed by atoms with Gasteiger partial charge in [-0.3, -0.25) is 9.69 Å². The molecular formula is C20H33NO2. The van der Waals surface area contributed by atoms with Crippen LogP contribution < -0.4 is 4.74 Å². The van der Waals surface area contributed by atoms with E-state index in [1.807, 2.05) is 13.0 Å². The van der Waals surface area contributed by atoms with Crippen LogP contribution in [-0.2, 0) is 4.79 Å². The predicted molar refractivity (Wildman–Crippen MR) is 97.2 cm³/mol. The summed E-state index contributed by atoms with van der Waals surface area (Å²) in [5.74, 6) is 1.31. The van der Waals surface area contributed by atoms with Gasteiger partial charge in [0.2, 0.25) is 0 Å². The van der Waals surface area contributed by atoms with Crippen LogP contribution >= 0.6 is 0 Å². The molecule has 0 aliphatic carbocycles. The molecule has 130 valence electrons. The highest BCUT2D eigenvalue weighted by molar-refractivity contribution is 5.77. The molecule has 0 amide bonds. The Morgan fingerprint density at radius 3 is 2.52 bits per heavy atom. The monoisotopic (exact) mass is 319 g/mol. The van der Waals surface area contributed by atoms with Gasteiger partial charge in [0, 0.05) is 18.9 Å². The quantitative estimate of drug-likeness (QED) is 0.542. The lowest BCUT2D eigenvalue weighted by Gasteiger charge is -2.29. The van der Waals surface area contributed by atoms with Crippen molar-refractivity contribution in [3.8, 4) is 5.75 Å². The Balaban J connectivity index is 2.51. The van der Waals surface area contributed by atoms with Crippen molar-refractivity contribution in [2.24, 2.45) is 0 Å². The molecule has 0 saturated heterocycles. The highest BCUT2D eigenvalue weighted by Gasteiger charge is 2.16. The summed E-state index contributed by atoms with van der Waals surface area (Å²) in [4.78, 5) is 13.8. The molecule has 1 unspecified atom stereocenters. The predicted octanol–water partition coefficient (Wildman–Crippen LogP) is 4.93. The maximum Gasteiger partial charge on any atom is 0.132 e. The maximum absolute atomic E-state index is 11.3. The molecule has 3 nitrogen and oxygen atoms in total. The fourth-order valence-corrected chi connectivity index (χ4v) is 3.06. The molecule has 0 saturated carbocycles. The minimum Gasteiger partial charge on any atom is -0.497 e. The first-order valence-corrected chi connectivity index (χ1v) is 8.93. The van der Waals surface area contributed by atoms with Crippen molar-refractivity contribution in [1.29, 1.82) is 0 Å². The van der Waals surface area contributed by atoms with Gasteiger partial charge in [0.05, 0.1) is 7.11 Å². The van der Waals surface area contributed by atoms with Gasteiger partial charge in [-0.25, -0.2) is 0 Å². The molecule has 0 bridgehead atoms. The second kappa shape index (κ2) is 10.4. The first kappa shape index (κ1) is 19.7. The van der Waals surface area contributed by atoms with Crippen LogP contribution in [-0.4, -0.2) is 30.9 Å². The van der Waals surface area contributed by atoms with Crippen molar-refractivity contribution in [2.75, 3.05) is 20.2 Å². The van der Waals surface area contributed by atoms with Crippen LogP contribution in [0.25, 0.3) is 0 Å². The van der Waals surface area contributed by atoms with E-state index in [4.69, 9.17) is 4.74 Å². The molecule has 1 aromatic carbocycles. The number of nitrogens with zero attached hydrogens (tertiary/aromatic N) is 1. The third-order valence-corrected chi connectivity index (χ3v) is 4.68. The first-order valence-electron chi connectivity index (χ1n) is 8.93. The number of hydrogen-bond donors (Lipinski definition) is 0. The van der Waals surface area contributed by atoms with E-state index in [9.17, 15) is 4.79 Å². The standard InChI is InChI=1S/C20H33NO2/c1-6-18(22)11-9-8-10-14-21(7-2)17(4)20-13-12-19(23-5)15-16(20)3/h12-13,15,17H,6-11,14H2,1-5H3. The molecule has 0 N–H and O–H groups in total. The zero-order valence-corrected chi connectivity index (χ0v) is 15.5. The Kier molecular flexibility index (Phi) is 8.93. The van der Waals surface area contributed by atoms with Crippen molar-refractivity contribution in [3.63, 3.8) is 0 Å². The van der Waals surface area contributed by atoms with Crippen LogP contribution in [0.4, 0.5) is 0 Å². The van der Waals surface area contributed by atoms with Crippen molar-refractivity contribution in [2.45, 2.75) is 65.8 Å². The fourth-order valence-electron chi connectivity index (χ4n) is 3.06. The molecule has 1 aromatic rings. The van der Waals surface area contributed by atoms with Gasteiger partial charge >= 0.3 is 0 Å². The lowest BCUT2D eigenvalue weighted by Crippen LogP contribution is -2.28. The highest BCUT2D eigenvalue weighted by atomic mass is 16.5. The van der Waals surface area contributed by atoms with Crippen molar-refractivity contribution in [3.05, 3.63) is 29.3 Å². The SMILES string of the molecule is CCC(=O)CCCCCN(CC)C(C)c1ccc(OC)cc1C. The lowest BCUT2D eigenvalue weighted by atomic mass is 10.0. The number of benzene rings is 1. The van der Waals surface area contributed by atoms with Crippen molar-refractivity contribution >= 4 is 5.78 Å². The van der Waals surface area contributed by atoms with Crippen LogP contribution in [0.3, 0.4) is 0 Å². The summed E-state index contributed by atoms with van der Waals surface area (Å²) in [6.07, 6.45) is 4.74. The average Bonchev–Trinajstić information content (AvgIpc) is 2.57. The summed E-state index contributed by atoms with van der Waals surface area (Å²) in [7, 11) is 1.71. The number of carbonyl (C=O) groups is 1. The van der Waals surface area contributed by atoms with Crippen LogP contribution in [0.5, 0.6) is 5.75 Å². The third-order valence-electron chi connectivity index (χ3n) is 4.68. The number of aryl methyl sites for hydroxylation is 1. The topological polar surface area (TPSA) is 29.5 Å². The molecule has 0 heterocycles. The average molecular weight is 319 g/mol. The number of carbonyl (C=O) groups excluding carboxylic acids is 1. The number of methoxy groups -OCH3 is 1. The molecule has 0 aromatic heterocycles. The number of rotatable bonds is 11. The minimum atomic E-state index is 0.388. The van der Waals surface area contributed by atoms with Crippen LogP contribution in [0, 0.1) is 6.92 Å². The molecule has 1 rings (SSSR count).